The number of nitrogens with one attached hydrogen (secondary N) is 2. The van der Waals surface area contributed by atoms with Crippen molar-refractivity contribution in [2.24, 2.45) is 16.1 Å². The van der Waals surface area contributed by atoms with E-state index in [9.17, 15) is 14.4 Å². The van der Waals surface area contributed by atoms with Gasteiger partial charge >= 0.3 is 12.2 Å². The highest BCUT2D eigenvalue weighted by Crippen LogP contribution is 2.48. The van der Waals surface area contributed by atoms with E-state index in [1.54, 1.807) is 66.3 Å². The first-order chi connectivity index (χ1) is 21.5. The average molecular weight is 757 g/mol. The molecule has 1 fully saturated rings. The number of halogens is 4. The molecule has 0 radical (unpaired) electrons. The van der Waals surface area contributed by atoms with Gasteiger partial charge in [-0.15, -0.1) is 0 Å². The highest BCUT2D eigenvalue weighted by atomic mass is 127. The monoisotopic (exact) mass is 756 g/mol. The van der Waals surface area contributed by atoms with Gasteiger partial charge in [-0.1, -0.05) is 34.7 Å². The summed E-state index contributed by atoms with van der Waals surface area (Å²) >= 11 is 1.91. The van der Waals surface area contributed by atoms with E-state index >= 15 is 13.2 Å². The second kappa shape index (κ2) is 15.1. The fraction of sp³-hybridized carbons (Fsp3) is 0.452. The molecule has 1 atom stereocenters. The van der Waals surface area contributed by atoms with Gasteiger partial charge in [-0.25, -0.2) is 9.78 Å². The summed E-state index contributed by atoms with van der Waals surface area (Å²) in [5.41, 5.74) is 4.81. The molecular weight excluding hydrogens is 716 g/mol. The van der Waals surface area contributed by atoms with E-state index in [0.717, 1.165) is 0 Å². The second-order valence-corrected chi connectivity index (χ2v) is 12.7. The van der Waals surface area contributed by atoms with Crippen molar-refractivity contribution in [3.63, 3.8) is 0 Å². The lowest BCUT2D eigenvalue weighted by Crippen LogP contribution is -2.59. The number of nitrogens with two attached hydrogens (primary N) is 1. The second-order valence-electron chi connectivity index (χ2n) is 11.6. The number of alkyl halides is 4. The van der Waals surface area contributed by atoms with Crippen LogP contribution in [-0.4, -0.2) is 96.3 Å². The fourth-order valence-electron chi connectivity index (χ4n) is 4.88. The molecule has 4 amide bonds. The summed E-state index contributed by atoms with van der Waals surface area (Å²) in [6.07, 6.45) is -3.72. The number of nitrogens with zero attached hydrogens (tertiary/aromatic N) is 5. The number of pyridine rings is 1. The van der Waals surface area contributed by atoms with Crippen LogP contribution in [0.15, 0.2) is 58.9 Å². The molecule has 0 unspecified atom stereocenters. The van der Waals surface area contributed by atoms with Crippen molar-refractivity contribution < 1.29 is 27.6 Å². The van der Waals surface area contributed by atoms with Gasteiger partial charge in [0.1, 0.15) is 16.9 Å². The third kappa shape index (κ3) is 8.47. The van der Waals surface area contributed by atoms with Crippen LogP contribution in [-0.2, 0) is 11.3 Å². The van der Waals surface area contributed by atoms with Crippen LogP contribution in [0.3, 0.4) is 0 Å². The average Bonchev–Trinajstić information content (AvgIpc) is 2.99. The van der Waals surface area contributed by atoms with E-state index in [1.165, 1.54) is 33.0 Å². The van der Waals surface area contributed by atoms with Crippen molar-refractivity contribution in [1.82, 2.24) is 20.1 Å². The summed E-state index contributed by atoms with van der Waals surface area (Å²) in [5, 5.41) is 5.41. The van der Waals surface area contributed by atoms with Crippen LogP contribution < -0.4 is 21.3 Å². The van der Waals surface area contributed by atoms with Crippen LogP contribution in [0.25, 0.3) is 0 Å². The molecule has 2 heterocycles. The molecule has 250 valence electrons. The van der Waals surface area contributed by atoms with Gasteiger partial charge in [0, 0.05) is 75.8 Å². The van der Waals surface area contributed by atoms with Crippen LogP contribution in [0.1, 0.15) is 36.2 Å². The minimum atomic E-state index is -4.74. The molecule has 0 spiro atoms. The van der Waals surface area contributed by atoms with Crippen LogP contribution in [0.2, 0.25) is 0 Å². The fourth-order valence-corrected chi connectivity index (χ4v) is 5.80. The summed E-state index contributed by atoms with van der Waals surface area (Å²) in [6.45, 7) is 2.73. The molecule has 46 heavy (non-hydrogen) atoms. The number of hydrogen-bond acceptors (Lipinski definition) is 7. The Balaban J connectivity index is 2.02. The molecule has 0 bridgehead atoms. The zero-order valence-electron chi connectivity index (χ0n) is 26.7. The number of carbonyl (C=O) groups is 3. The molecule has 1 aliphatic rings. The minimum Gasteiger partial charge on any atom is -0.394 e. The Morgan fingerprint density at radius 3 is 2.24 bits per heavy atom. The number of benzene rings is 1. The van der Waals surface area contributed by atoms with E-state index in [1.807, 2.05) is 22.6 Å². The Morgan fingerprint density at radius 2 is 1.74 bits per heavy atom. The Bertz CT molecular complexity index is 1480. The number of rotatable bonds is 9. The lowest BCUT2D eigenvalue weighted by Gasteiger charge is -2.46. The first-order valence-electron chi connectivity index (χ1n) is 14.5. The number of hydrogen-bond donors (Lipinski definition) is 3. The number of urea groups is 1. The molecule has 1 saturated heterocycles. The molecule has 1 aliphatic heterocycles. The Labute approximate surface area is 280 Å². The van der Waals surface area contributed by atoms with Crippen LogP contribution >= 0.6 is 22.6 Å². The van der Waals surface area contributed by atoms with E-state index in [2.05, 4.69) is 20.6 Å². The zero-order chi connectivity index (χ0) is 34.4. The molecule has 11 nitrogen and oxygen atoms in total. The molecule has 1 aromatic heterocycles. The largest absolute Gasteiger partial charge is 0.401 e. The molecule has 0 saturated carbocycles. The van der Waals surface area contributed by atoms with Gasteiger partial charge in [0.2, 0.25) is 0 Å². The molecular formula is C31H40F3IN8O3. The molecule has 0 aliphatic carbocycles. The zero-order valence-corrected chi connectivity index (χ0v) is 28.9. The van der Waals surface area contributed by atoms with Crippen LogP contribution in [0, 0.1) is 5.41 Å². The van der Waals surface area contributed by atoms with E-state index in [0.29, 0.717) is 11.3 Å². The summed E-state index contributed by atoms with van der Waals surface area (Å²) in [6, 6.07) is 8.93. The van der Waals surface area contributed by atoms with E-state index in [4.69, 9.17) is 5.73 Å². The lowest BCUT2D eigenvalue weighted by atomic mass is 9.72. The summed E-state index contributed by atoms with van der Waals surface area (Å²) in [7, 11) is 6.40. The number of amides is 4. The minimum absolute atomic E-state index is 0.0309. The Kier molecular flexibility index (Phi) is 12.0. The van der Waals surface area contributed by atoms with Crippen LogP contribution in [0.4, 0.5) is 29.5 Å². The summed E-state index contributed by atoms with van der Waals surface area (Å²) in [5.74, 6) is -0.843. The Hall–Kier alpha value is -3.89. The van der Waals surface area contributed by atoms with Gasteiger partial charge in [0.15, 0.2) is 0 Å². The number of anilines is 2. The highest BCUT2D eigenvalue weighted by Gasteiger charge is 2.61. The van der Waals surface area contributed by atoms with Gasteiger partial charge in [0.05, 0.1) is 11.3 Å². The maximum Gasteiger partial charge on any atom is 0.401 e. The van der Waals surface area contributed by atoms with Gasteiger partial charge in [-0.3, -0.25) is 14.6 Å². The molecule has 3 rings (SSSR count). The van der Waals surface area contributed by atoms with Crippen LogP contribution in [0.5, 0.6) is 0 Å². The third-order valence-corrected chi connectivity index (χ3v) is 7.90. The van der Waals surface area contributed by atoms with Gasteiger partial charge in [-0.2, -0.15) is 13.2 Å². The lowest BCUT2D eigenvalue weighted by molar-refractivity contribution is -0.196. The van der Waals surface area contributed by atoms with Crippen molar-refractivity contribution >= 4 is 57.7 Å². The Morgan fingerprint density at radius 1 is 1.09 bits per heavy atom. The topological polar surface area (TPSA) is 136 Å². The smallest absolute Gasteiger partial charge is 0.394 e. The van der Waals surface area contributed by atoms with Crippen molar-refractivity contribution in [2.75, 3.05) is 55.9 Å². The van der Waals surface area contributed by atoms with E-state index < -0.39 is 30.1 Å². The van der Waals surface area contributed by atoms with Gasteiger partial charge in [-0.05, 0) is 50.1 Å². The molecule has 2 aromatic rings. The quantitative estimate of drug-likeness (QED) is 0.197. The number of carbonyl (C=O) groups excluding carboxylic acids is 3. The SMILES string of the molecule is CC(C)N=C1C(=C(N)C(=O)NCc2ccc(NC(=O)N(C)C)cc2)CN(c2ccc(C(=O)N(C)C)cn2)C[C@]1(CCI)C(F)(F)F. The number of aliphatic imine (C=N–C) groups is 1. The molecule has 4 N–H and O–H groups in total. The number of piperidine rings is 1. The van der Waals surface area contributed by atoms with Crippen molar-refractivity contribution in [3.05, 3.63) is 65.0 Å². The van der Waals surface area contributed by atoms with Gasteiger partial charge in [0.25, 0.3) is 11.8 Å². The van der Waals surface area contributed by atoms with Crippen molar-refractivity contribution in [3.8, 4) is 0 Å². The highest BCUT2D eigenvalue weighted by molar-refractivity contribution is 14.1. The van der Waals surface area contributed by atoms with Crippen molar-refractivity contribution in [1.29, 1.82) is 0 Å². The normalized spacial score (nSPS) is 18.8. The predicted molar refractivity (Wildman–Crippen MR) is 181 cm³/mol. The first-order valence-corrected chi connectivity index (χ1v) is 16.0. The summed E-state index contributed by atoms with van der Waals surface area (Å²) in [4.78, 5) is 50.7. The van der Waals surface area contributed by atoms with Crippen molar-refractivity contribution in [2.45, 2.75) is 39.0 Å². The molecule has 15 heteroatoms. The first kappa shape index (κ1) is 36.6. The standard InChI is InChI=1S/C31H40F3IN8O3/c1-19(2)39-26-23(25(36)27(44)38-15-20-7-10-22(11-8-20)40-29(46)42(5)6)17-43(18-30(26,13-14-35)31(32,33)34)24-12-9-21(16-37-24)28(45)41(3)4/h7-12,16,19H,13-15,17-18,36H2,1-6H3,(H,38,44)(H,40,46)/t30-/m0/s1. The number of aromatic nitrogens is 1. The predicted octanol–water partition coefficient (Wildman–Crippen LogP) is 4.45. The molecule has 1 aromatic carbocycles. The van der Waals surface area contributed by atoms with Gasteiger partial charge < -0.3 is 31.1 Å². The maximum atomic E-state index is 15.2. The summed E-state index contributed by atoms with van der Waals surface area (Å²) < 4.78 is 45.8. The van der Waals surface area contributed by atoms with E-state index in [-0.39, 0.29) is 64.2 Å². The third-order valence-electron chi connectivity index (χ3n) is 7.36. The maximum absolute atomic E-state index is 15.2.